The Morgan fingerprint density at radius 1 is 0.535 bits per heavy atom. The van der Waals surface area contributed by atoms with Gasteiger partial charge in [0.2, 0.25) is 0 Å². The lowest BCUT2D eigenvalue weighted by Gasteiger charge is -2.16. The van der Waals surface area contributed by atoms with Gasteiger partial charge in [0.25, 0.3) is 0 Å². The highest BCUT2D eigenvalue weighted by Gasteiger charge is 2.22. The maximum absolute atomic E-state index is 6.56. The highest BCUT2D eigenvalue weighted by atomic mass is 16.3. The lowest BCUT2D eigenvalue weighted by Crippen LogP contribution is -1.98. The molecule has 4 nitrogen and oxygen atoms in total. The Morgan fingerprint density at radius 2 is 1.26 bits per heavy atom. The van der Waals surface area contributed by atoms with Gasteiger partial charge in [-0.15, -0.1) is 0 Å². The zero-order valence-electron chi connectivity index (χ0n) is 23.5. The number of nitrogens with zero attached hydrogens (tertiary/aromatic N) is 3. The van der Waals surface area contributed by atoms with Crippen LogP contribution in [0.1, 0.15) is 5.82 Å². The van der Waals surface area contributed by atoms with Crippen molar-refractivity contribution in [1.82, 2.24) is 14.5 Å². The lowest BCUT2D eigenvalue weighted by molar-refractivity contribution is 0.669. The molecule has 0 unspecified atom stereocenters. The Labute approximate surface area is 247 Å². The van der Waals surface area contributed by atoms with Gasteiger partial charge < -0.3 is 4.42 Å². The van der Waals surface area contributed by atoms with Crippen molar-refractivity contribution in [3.8, 4) is 28.1 Å². The summed E-state index contributed by atoms with van der Waals surface area (Å²) in [6.45, 7) is 2.07. The first-order chi connectivity index (χ1) is 21.2. The molecule has 0 fully saturated rings. The Hall–Kier alpha value is -5.74. The average Bonchev–Trinajstić information content (AvgIpc) is 3.60. The molecule has 0 atom stereocenters. The summed E-state index contributed by atoms with van der Waals surface area (Å²) in [5.41, 5.74) is 10.1. The fraction of sp³-hybridized carbons (Fsp3) is 0.0256. The van der Waals surface area contributed by atoms with Crippen molar-refractivity contribution in [3.05, 3.63) is 139 Å². The third kappa shape index (κ3) is 3.57. The van der Waals surface area contributed by atoms with E-state index in [0.29, 0.717) is 0 Å². The van der Waals surface area contributed by atoms with Crippen molar-refractivity contribution in [3.63, 3.8) is 0 Å². The molecule has 6 aromatic carbocycles. The number of pyridine rings is 1. The minimum atomic E-state index is 0.854. The smallest absolute Gasteiger partial charge is 0.136 e. The average molecular weight is 552 g/mol. The predicted octanol–water partition coefficient (Wildman–Crippen LogP) is 10.3. The van der Waals surface area contributed by atoms with E-state index in [1.165, 1.54) is 5.39 Å². The summed E-state index contributed by atoms with van der Waals surface area (Å²) in [4.78, 5) is 10.1. The highest BCUT2D eigenvalue weighted by Crippen LogP contribution is 2.46. The van der Waals surface area contributed by atoms with Gasteiger partial charge in [0, 0.05) is 43.7 Å². The number of rotatable bonds is 3. The van der Waals surface area contributed by atoms with E-state index in [1.807, 2.05) is 18.2 Å². The fourth-order valence-corrected chi connectivity index (χ4v) is 6.69. The standard InChI is InChI=1S/C39H25N3O/c1-24-40-32-19-8-9-20-33(32)42(24)27-15-11-14-26(22-27)36-37-28-16-5-7-18-31(28)41-39(25-12-3-2-4-13-25)30(37)23-35-38(36)29-17-6-10-21-34(29)43-35/h2-23H,1H3. The van der Waals surface area contributed by atoms with Crippen LogP contribution in [0.5, 0.6) is 0 Å². The fourth-order valence-electron chi connectivity index (χ4n) is 6.69. The number of imidazole rings is 1. The van der Waals surface area contributed by atoms with Gasteiger partial charge in [-0.2, -0.15) is 0 Å². The van der Waals surface area contributed by atoms with Crippen LogP contribution in [-0.2, 0) is 0 Å². The SMILES string of the molecule is Cc1nc2ccccc2n1-c1cccc(-c2c3c(cc4c(-c5ccccc5)nc5ccccc5c24)oc2ccccc23)c1. The second-order valence-corrected chi connectivity index (χ2v) is 11.0. The Morgan fingerprint density at radius 3 is 2.14 bits per heavy atom. The van der Waals surface area contributed by atoms with Crippen molar-refractivity contribution < 1.29 is 4.42 Å². The van der Waals surface area contributed by atoms with Gasteiger partial charge in [-0.3, -0.25) is 4.57 Å². The summed E-state index contributed by atoms with van der Waals surface area (Å²) < 4.78 is 8.80. The normalized spacial score (nSPS) is 11.8. The summed E-state index contributed by atoms with van der Waals surface area (Å²) in [5, 5.41) is 5.58. The number of aromatic nitrogens is 3. The summed E-state index contributed by atoms with van der Waals surface area (Å²) in [7, 11) is 0. The van der Waals surface area contributed by atoms with E-state index in [2.05, 4.69) is 127 Å². The molecule has 0 saturated heterocycles. The zero-order chi connectivity index (χ0) is 28.5. The lowest BCUT2D eigenvalue weighted by atomic mass is 9.89. The van der Waals surface area contributed by atoms with E-state index in [0.717, 1.165) is 83.2 Å². The number of benzene rings is 6. The Kier molecular flexibility index (Phi) is 5.08. The first-order valence-electron chi connectivity index (χ1n) is 14.5. The molecule has 4 heteroatoms. The van der Waals surface area contributed by atoms with E-state index in [4.69, 9.17) is 14.4 Å². The van der Waals surface area contributed by atoms with Crippen LogP contribution in [-0.4, -0.2) is 14.5 Å². The molecule has 0 amide bonds. The summed E-state index contributed by atoms with van der Waals surface area (Å²) >= 11 is 0. The Balaban J connectivity index is 1.47. The van der Waals surface area contributed by atoms with Crippen LogP contribution in [0.3, 0.4) is 0 Å². The van der Waals surface area contributed by atoms with Crippen LogP contribution in [0.25, 0.3) is 82.7 Å². The number of hydrogen-bond donors (Lipinski definition) is 0. The molecule has 0 aliphatic rings. The molecule has 0 aliphatic heterocycles. The summed E-state index contributed by atoms with van der Waals surface area (Å²) in [5.74, 6) is 0.955. The third-order valence-electron chi connectivity index (χ3n) is 8.50. The van der Waals surface area contributed by atoms with E-state index in [-0.39, 0.29) is 0 Å². The van der Waals surface area contributed by atoms with Crippen molar-refractivity contribution in [2.24, 2.45) is 0 Å². The molecule has 43 heavy (non-hydrogen) atoms. The van der Waals surface area contributed by atoms with Gasteiger partial charge in [-0.25, -0.2) is 9.97 Å². The third-order valence-corrected chi connectivity index (χ3v) is 8.50. The number of fused-ring (bicyclic) bond motifs is 7. The monoisotopic (exact) mass is 551 g/mol. The van der Waals surface area contributed by atoms with E-state index < -0.39 is 0 Å². The van der Waals surface area contributed by atoms with Gasteiger partial charge in [0.15, 0.2) is 0 Å². The first-order valence-corrected chi connectivity index (χ1v) is 14.5. The Bertz CT molecular complexity index is 2520. The molecule has 0 bridgehead atoms. The molecule has 3 heterocycles. The molecular formula is C39H25N3O. The zero-order valence-corrected chi connectivity index (χ0v) is 23.5. The van der Waals surface area contributed by atoms with Crippen LogP contribution < -0.4 is 0 Å². The van der Waals surface area contributed by atoms with Crippen LogP contribution in [0, 0.1) is 6.92 Å². The molecule has 9 aromatic rings. The molecule has 0 N–H and O–H groups in total. The van der Waals surface area contributed by atoms with Gasteiger partial charge in [0.05, 0.1) is 22.2 Å². The molecule has 3 aromatic heterocycles. The van der Waals surface area contributed by atoms with Gasteiger partial charge in [-0.1, -0.05) is 91.0 Å². The van der Waals surface area contributed by atoms with Gasteiger partial charge in [-0.05, 0) is 55.0 Å². The number of furan rings is 1. The van der Waals surface area contributed by atoms with Crippen molar-refractivity contribution in [2.75, 3.05) is 0 Å². The predicted molar refractivity (Wildman–Crippen MR) is 177 cm³/mol. The second-order valence-electron chi connectivity index (χ2n) is 11.0. The van der Waals surface area contributed by atoms with Crippen molar-refractivity contribution in [1.29, 1.82) is 0 Å². The van der Waals surface area contributed by atoms with E-state index >= 15 is 0 Å². The highest BCUT2D eigenvalue weighted by molar-refractivity contribution is 6.27. The number of hydrogen-bond acceptors (Lipinski definition) is 3. The molecule has 0 saturated carbocycles. The topological polar surface area (TPSA) is 43.9 Å². The molecule has 0 radical (unpaired) electrons. The molecule has 9 rings (SSSR count). The quantitative estimate of drug-likeness (QED) is 0.205. The van der Waals surface area contributed by atoms with Crippen LogP contribution in [0.2, 0.25) is 0 Å². The second kappa shape index (κ2) is 9.13. The number of aryl methyl sites for hydroxylation is 1. The van der Waals surface area contributed by atoms with Crippen LogP contribution in [0.4, 0.5) is 0 Å². The minimum Gasteiger partial charge on any atom is -0.456 e. The minimum absolute atomic E-state index is 0.854. The molecular weight excluding hydrogens is 526 g/mol. The maximum Gasteiger partial charge on any atom is 0.136 e. The van der Waals surface area contributed by atoms with E-state index in [9.17, 15) is 0 Å². The summed E-state index contributed by atoms with van der Waals surface area (Å²) in [6, 6.07) is 46.5. The van der Waals surface area contributed by atoms with Crippen LogP contribution in [0.15, 0.2) is 138 Å². The first kappa shape index (κ1) is 23.9. The van der Waals surface area contributed by atoms with Crippen molar-refractivity contribution in [2.45, 2.75) is 6.92 Å². The maximum atomic E-state index is 6.56. The van der Waals surface area contributed by atoms with E-state index in [1.54, 1.807) is 0 Å². The largest absolute Gasteiger partial charge is 0.456 e. The summed E-state index contributed by atoms with van der Waals surface area (Å²) in [6.07, 6.45) is 0. The van der Waals surface area contributed by atoms with Gasteiger partial charge in [0.1, 0.15) is 17.0 Å². The molecule has 0 aliphatic carbocycles. The van der Waals surface area contributed by atoms with Gasteiger partial charge >= 0.3 is 0 Å². The van der Waals surface area contributed by atoms with Crippen molar-refractivity contribution >= 4 is 54.6 Å². The van der Waals surface area contributed by atoms with Crippen LogP contribution >= 0.6 is 0 Å². The number of para-hydroxylation sites is 4. The molecule has 0 spiro atoms. The molecule has 202 valence electrons.